The van der Waals surface area contributed by atoms with Crippen molar-refractivity contribution in [1.29, 1.82) is 0 Å². The monoisotopic (exact) mass is 406 g/mol. The molecule has 0 aliphatic rings. The van der Waals surface area contributed by atoms with Crippen LogP contribution in [0, 0.1) is 0 Å². The molecule has 2 rings (SSSR count). The highest BCUT2D eigenvalue weighted by molar-refractivity contribution is 7.89. The number of amides is 1. The summed E-state index contributed by atoms with van der Waals surface area (Å²) in [6.45, 7) is 2.59. The summed E-state index contributed by atoms with van der Waals surface area (Å²) in [4.78, 5) is 12.3. The lowest BCUT2D eigenvalue weighted by atomic mass is 10.2. The molecule has 0 aliphatic heterocycles. The van der Waals surface area contributed by atoms with Crippen molar-refractivity contribution in [3.63, 3.8) is 0 Å². The maximum Gasteiger partial charge on any atom is 0.243 e. The second-order valence-electron chi connectivity index (χ2n) is 6.18. The number of carbonyl (C=O) groups excluding carboxylic acids is 1. The molecule has 7 nitrogen and oxygen atoms in total. The van der Waals surface area contributed by atoms with E-state index in [1.807, 2.05) is 13.0 Å². The van der Waals surface area contributed by atoms with Crippen molar-refractivity contribution < 1.29 is 22.7 Å². The van der Waals surface area contributed by atoms with Crippen LogP contribution in [0.25, 0.3) is 0 Å². The molecule has 28 heavy (non-hydrogen) atoms. The Morgan fingerprint density at radius 2 is 1.82 bits per heavy atom. The highest BCUT2D eigenvalue weighted by atomic mass is 32.2. The van der Waals surface area contributed by atoms with E-state index in [9.17, 15) is 13.2 Å². The summed E-state index contributed by atoms with van der Waals surface area (Å²) in [6.07, 6.45) is 0.889. The molecule has 0 aromatic heterocycles. The minimum atomic E-state index is -3.71. The highest BCUT2D eigenvalue weighted by Crippen LogP contribution is 2.28. The lowest BCUT2D eigenvalue weighted by Gasteiger charge is -2.17. The molecule has 0 unspecified atom stereocenters. The van der Waals surface area contributed by atoms with Gasteiger partial charge in [0.1, 0.15) is 0 Å². The quantitative estimate of drug-likeness (QED) is 0.655. The summed E-state index contributed by atoms with van der Waals surface area (Å²) in [5.74, 6) is 0.837. The van der Waals surface area contributed by atoms with Crippen LogP contribution < -0.4 is 14.8 Å². The molecule has 1 N–H and O–H groups in total. The molecule has 8 heteroatoms. The first-order chi connectivity index (χ1) is 13.4. The van der Waals surface area contributed by atoms with E-state index in [0.717, 1.165) is 16.3 Å². The lowest BCUT2D eigenvalue weighted by Crippen LogP contribution is -2.38. The zero-order chi connectivity index (χ0) is 20.6. The Hall–Kier alpha value is -2.58. The normalized spacial score (nSPS) is 11.3. The fourth-order valence-electron chi connectivity index (χ4n) is 2.47. The molecule has 0 saturated heterocycles. The summed E-state index contributed by atoms with van der Waals surface area (Å²) < 4.78 is 36.9. The van der Waals surface area contributed by atoms with Crippen LogP contribution in [0.15, 0.2) is 53.4 Å². The second kappa shape index (κ2) is 10.1. The number of likely N-dealkylation sites (N-methyl/N-ethyl adjacent to an activating group) is 1. The Morgan fingerprint density at radius 3 is 2.46 bits per heavy atom. The van der Waals surface area contributed by atoms with E-state index in [2.05, 4.69) is 5.32 Å². The molecule has 0 atom stereocenters. The molecule has 0 bridgehead atoms. The van der Waals surface area contributed by atoms with E-state index < -0.39 is 15.9 Å². The predicted octanol–water partition coefficient (Wildman–Crippen LogP) is 2.42. The zero-order valence-corrected chi connectivity index (χ0v) is 17.2. The Morgan fingerprint density at radius 1 is 1.11 bits per heavy atom. The van der Waals surface area contributed by atoms with E-state index in [4.69, 9.17) is 9.47 Å². The number of methoxy groups -OCH3 is 1. The maximum absolute atomic E-state index is 12.5. The smallest absolute Gasteiger partial charge is 0.243 e. The van der Waals surface area contributed by atoms with E-state index in [1.54, 1.807) is 37.4 Å². The van der Waals surface area contributed by atoms with Crippen LogP contribution in [-0.2, 0) is 21.4 Å². The molecule has 0 heterocycles. The van der Waals surface area contributed by atoms with Crippen molar-refractivity contribution in [2.45, 2.75) is 24.8 Å². The van der Waals surface area contributed by atoms with Crippen molar-refractivity contribution in [1.82, 2.24) is 9.62 Å². The number of hydrogen-bond donors (Lipinski definition) is 1. The molecule has 2 aromatic carbocycles. The van der Waals surface area contributed by atoms with Crippen LogP contribution in [0.3, 0.4) is 0 Å². The first-order valence-corrected chi connectivity index (χ1v) is 10.4. The average molecular weight is 407 g/mol. The van der Waals surface area contributed by atoms with Gasteiger partial charge in [-0.15, -0.1) is 0 Å². The number of nitrogens with one attached hydrogen (secondary N) is 1. The minimum absolute atomic E-state index is 0.151. The molecule has 0 spiro atoms. The molecule has 0 fully saturated rings. The van der Waals surface area contributed by atoms with Gasteiger partial charge in [0.25, 0.3) is 0 Å². The topological polar surface area (TPSA) is 84.9 Å². The Kier molecular flexibility index (Phi) is 7.83. The number of benzene rings is 2. The van der Waals surface area contributed by atoms with E-state index in [0.29, 0.717) is 18.1 Å². The molecule has 152 valence electrons. The Bertz CT molecular complexity index is 885. The number of rotatable bonds is 10. The zero-order valence-electron chi connectivity index (χ0n) is 16.3. The van der Waals surface area contributed by atoms with Gasteiger partial charge in [-0.3, -0.25) is 4.79 Å². The van der Waals surface area contributed by atoms with Gasteiger partial charge in [0.15, 0.2) is 11.5 Å². The standard InChI is InChI=1S/C20H26N2O5S/c1-4-12-27-18-11-10-16(13-19(18)26-3)14-21-20(23)15-22(2)28(24,25)17-8-6-5-7-9-17/h5-11,13H,4,12,14-15H2,1-3H3,(H,21,23). The summed E-state index contributed by atoms with van der Waals surface area (Å²) in [7, 11) is -0.771. The third kappa shape index (κ3) is 5.71. The van der Waals surface area contributed by atoms with E-state index in [1.165, 1.54) is 19.2 Å². The number of hydrogen-bond acceptors (Lipinski definition) is 5. The van der Waals surface area contributed by atoms with E-state index in [-0.39, 0.29) is 18.0 Å². The van der Waals surface area contributed by atoms with Crippen LogP contribution in [0.4, 0.5) is 0 Å². The summed E-state index contributed by atoms with van der Waals surface area (Å²) in [6, 6.07) is 13.4. The third-order valence-electron chi connectivity index (χ3n) is 4.00. The molecule has 2 aromatic rings. The third-order valence-corrected chi connectivity index (χ3v) is 5.81. The Balaban J connectivity index is 1.95. The van der Waals surface area contributed by atoms with Gasteiger partial charge in [-0.05, 0) is 36.2 Å². The number of sulfonamides is 1. The van der Waals surface area contributed by atoms with Crippen molar-refractivity contribution in [3.05, 3.63) is 54.1 Å². The molecule has 1 amide bonds. The summed E-state index contributed by atoms with van der Waals surface area (Å²) in [5, 5.41) is 2.73. The first-order valence-electron chi connectivity index (χ1n) is 8.96. The minimum Gasteiger partial charge on any atom is -0.493 e. The van der Waals surface area contributed by atoms with Gasteiger partial charge in [-0.1, -0.05) is 31.2 Å². The molecular weight excluding hydrogens is 380 g/mol. The van der Waals surface area contributed by atoms with Gasteiger partial charge in [0.2, 0.25) is 15.9 Å². The van der Waals surface area contributed by atoms with Gasteiger partial charge < -0.3 is 14.8 Å². The van der Waals surface area contributed by atoms with Gasteiger partial charge in [0, 0.05) is 13.6 Å². The molecule has 0 aliphatic carbocycles. The largest absolute Gasteiger partial charge is 0.493 e. The van der Waals surface area contributed by atoms with E-state index >= 15 is 0 Å². The highest BCUT2D eigenvalue weighted by Gasteiger charge is 2.22. The summed E-state index contributed by atoms with van der Waals surface area (Å²) >= 11 is 0. The summed E-state index contributed by atoms with van der Waals surface area (Å²) in [5.41, 5.74) is 0.822. The molecule has 0 radical (unpaired) electrons. The Labute approximate surface area is 166 Å². The first kappa shape index (κ1) is 21.7. The van der Waals surface area contributed by atoms with Gasteiger partial charge in [0.05, 0.1) is 25.2 Å². The van der Waals surface area contributed by atoms with Crippen LogP contribution in [-0.4, -0.2) is 45.9 Å². The number of carbonyl (C=O) groups is 1. The fraction of sp³-hybridized carbons (Fsp3) is 0.350. The van der Waals surface area contributed by atoms with Crippen molar-refractivity contribution in [2.75, 3.05) is 27.3 Å². The van der Waals surface area contributed by atoms with Crippen molar-refractivity contribution >= 4 is 15.9 Å². The molecular formula is C20H26N2O5S. The van der Waals surface area contributed by atoms with Gasteiger partial charge in [-0.25, -0.2) is 8.42 Å². The lowest BCUT2D eigenvalue weighted by molar-refractivity contribution is -0.121. The molecule has 0 saturated carbocycles. The van der Waals surface area contributed by atoms with Crippen LogP contribution in [0.1, 0.15) is 18.9 Å². The SMILES string of the molecule is CCCOc1ccc(CNC(=O)CN(C)S(=O)(=O)c2ccccc2)cc1OC. The van der Waals surface area contributed by atoms with Crippen LogP contribution >= 0.6 is 0 Å². The van der Waals surface area contributed by atoms with Gasteiger partial charge >= 0.3 is 0 Å². The number of nitrogens with zero attached hydrogens (tertiary/aromatic N) is 1. The van der Waals surface area contributed by atoms with Crippen LogP contribution in [0.5, 0.6) is 11.5 Å². The van der Waals surface area contributed by atoms with Gasteiger partial charge in [-0.2, -0.15) is 4.31 Å². The second-order valence-corrected chi connectivity index (χ2v) is 8.23. The average Bonchev–Trinajstić information content (AvgIpc) is 2.71. The van der Waals surface area contributed by atoms with Crippen LogP contribution in [0.2, 0.25) is 0 Å². The predicted molar refractivity (Wildman–Crippen MR) is 107 cm³/mol. The van der Waals surface area contributed by atoms with Crippen molar-refractivity contribution in [2.24, 2.45) is 0 Å². The van der Waals surface area contributed by atoms with Crippen molar-refractivity contribution in [3.8, 4) is 11.5 Å². The fourth-order valence-corrected chi connectivity index (χ4v) is 3.62. The maximum atomic E-state index is 12.5. The number of ether oxygens (including phenoxy) is 2.